The molecule has 4 N–H and O–H groups in total. The smallest absolute Gasteiger partial charge is 0.0640 e. The van der Waals surface area contributed by atoms with E-state index in [1.54, 1.807) is 11.3 Å². The lowest BCUT2D eigenvalue weighted by Crippen LogP contribution is -2.07. The standard InChI is InChI=1S/C64H46N2S/c65-63-61(55-38-20-17-35-52(55)51-34-16-13-31-47(51)43-23-5-1-6-24-43)59(53-36-18-14-32-48(53)44-25-7-2-8-26-44)60(54-37-19-15-33-49(54)45-27-9-3-10-28-45)62(64(63)66)56-40-21-39-50(46-29-11-4-12-30-46)58(56)57-41-22-42-67-57/h1-42H,65-66H2. The molecule has 67 heavy (non-hydrogen) atoms. The Kier molecular flexibility index (Phi) is 11.2. The van der Waals surface area contributed by atoms with Crippen molar-refractivity contribution in [1.82, 2.24) is 0 Å². The van der Waals surface area contributed by atoms with Crippen LogP contribution in [0, 0.1) is 0 Å². The number of hydrogen-bond acceptors (Lipinski definition) is 3. The number of nitrogen functional groups attached to an aromatic ring is 2. The van der Waals surface area contributed by atoms with Crippen LogP contribution >= 0.6 is 11.3 Å². The van der Waals surface area contributed by atoms with Crippen molar-refractivity contribution in [2.45, 2.75) is 0 Å². The predicted octanol–water partition coefficient (Wildman–Crippen LogP) is 17.6. The van der Waals surface area contributed by atoms with Gasteiger partial charge in [0.1, 0.15) is 0 Å². The average Bonchev–Trinajstić information content (AvgIpc) is 3.95. The zero-order valence-corrected chi connectivity index (χ0v) is 37.6. The van der Waals surface area contributed by atoms with Gasteiger partial charge >= 0.3 is 0 Å². The van der Waals surface area contributed by atoms with Crippen LogP contribution in [0.4, 0.5) is 11.4 Å². The first kappa shape index (κ1) is 41.2. The van der Waals surface area contributed by atoms with Crippen molar-refractivity contribution in [3.05, 3.63) is 254 Å². The lowest BCUT2D eigenvalue weighted by molar-refractivity contribution is 1.51. The topological polar surface area (TPSA) is 52.0 Å². The molecule has 0 aliphatic heterocycles. The monoisotopic (exact) mass is 874 g/mol. The van der Waals surface area contributed by atoms with Gasteiger partial charge in [-0.05, 0) is 89.3 Å². The summed E-state index contributed by atoms with van der Waals surface area (Å²) in [5.41, 5.74) is 36.9. The molecule has 318 valence electrons. The molecule has 0 fully saturated rings. The Labute approximate surface area is 396 Å². The molecule has 0 radical (unpaired) electrons. The number of thiophene rings is 1. The van der Waals surface area contributed by atoms with E-state index in [1.165, 1.54) is 0 Å². The maximum atomic E-state index is 7.88. The van der Waals surface area contributed by atoms with Crippen LogP contribution in [0.3, 0.4) is 0 Å². The molecule has 0 saturated carbocycles. The summed E-state index contributed by atoms with van der Waals surface area (Å²) in [5.74, 6) is 0. The van der Waals surface area contributed by atoms with Crippen LogP contribution in [0.2, 0.25) is 0 Å². The van der Waals surface area contributed by atoms with E-state index < -0.39 is 0 Å². The van der Waals surface area contributed by atoms with Gasteiger partial charge < -0.3 is 11.5 Å². The minimum atomic E-state index is 0.528. The highest BCUT2D eigenvalue weighted by atomic mass is 32.1. The first-order valence-electron chi connectivity index (χ1n) is 22.7. The molecular formula is C64H46N2S. The van der Waals surface area contributed by atoms with Crippen molar-refractivity contribution in [2.75, 3.05) is 11.5 Å². The molecule has 11 aromatic rings. The minimum Gasteiger partial charge on any atom is -0.397 e. The summed E-state index contributed by atoms with van der Waals surface area (Å²) in [6, 6.07) is 88.5. The zero-order valence-electron chi connectivity index (χ0n) is 36.8. The van der Waals surface area contributed by atoms with E-state index >= 15 is 0 Å². The first-order chi connectivity index (χ1) is 33.2. The third kappa shape index (κ3) is 7.62. The third-order valence-corrected chi connectivity index (χ3v) is 13.7. The molecule has 3 heteroatoms. The van der Waals surface area contributed by atoms with Crippen LogP contribution in [0.25, 0.3) is 111 Å². The van der Waals surface area contributed by atoms with Gasteiger partial charge in [0.15, 0.2) is 0 Å². The first-order valence-corrected chi connectivity index (χ1v) is 23.5. The summed E-state index contributed by atoms with van der Waals surface area (Å²) in [4.78, 5) is 1.15. The Morgan fingerprint density at radius 3 is 0.925 bits per heavy atom. The van der Waals surface area contributed by atoms with Gasteiger partial charge in [0.25, 0.3) is 0 Å². The normalized spacial score (nSPS) is 11.1. The molecule has 0 saturated heterocycles. The molecule has 0 aliphatic carbocycles. The Morgan fingerprint density at radius 1 is 0.209 bits per heavy atom. The maximum Gasteiger partial charge on any atom is 0.0640 e. The van der Waals surface area contributed by atoms with Crippen LogP contribution in [0.5, 0.6) is 0 Å². The minimum absolute atomic E-state index is 0.528. The maximum absolute atomic E-state index is 7.88. The molecule has 2 nitrogen and oxygen atoms in total. The SMILES string of the molecule is Nc1c(N)c(-c2cccc(-c3ccccc3)c2-c2cccs2)c(-c2ccccc2-c2ccccc2)c(-c2ccccc2-c2ccccc2)c1-c1ccccc1-c1ccccc1-c1ccccc1. The predicted molar refractivity (Wildman–Crippen MR) is 288 cm³/mol. The van der Waals surface area contributed by atoms with Gasteiger partial charge in [0, 0.05) is 32.7 Å². The van der Waals surface area contributed by atoms with Crippen molar-refractivity contribution in [3.8, 4) is 111 Å². The van der Waals surface area contributed by atoms with Crippen LogP contribution in [0.15, 0.2) is 254 Å². The number of benzene rings is 10. The molecule has 0 bridgehead atoms. The van der Waals surface area contributed by atoms with Crippen LogP contribution in [-0.4, -0.2) is 0 Å². The van der Waals surface area contributed by atoms with E-state index in [-0.39, 0.29) is 0 Å². The lowest BCUT2D eigenvalue weighted by Gasteiger charge is -2.29. The summed E-state index contributed by atoms with van der Waals surface area (Å²) >= 11 is 1.73. The number of anilines is 2. The molecular weight excluding hydrogens is 829 g/mol. The van der Waals surface area contributed by atoms with Crippen LogP contribution in [-0.2, 0) is 0 Å². The van der Waals surface area contributed by atoms with Gasteiger partial charge in [0.05, 0.1) is 11.4 Å². The Hall–Kier alpha value is -8.50. The number of nitrogens with two attached hydrogens (primary N) is 2. The molecule has 1 heterocycles. The second-order valence-electron chi connectivity index (χ2n) is 16.7. The number of rotatable bonds is 10. The summed E-state index contributed by atoms with van der Waals surface area (Å²) in [6.07, 6.45) is 0. The Balaban J connectivity index is 1.36. The third-order valence-electron chi connectivity index (χ3n) is 12.8. The molecule has 11 rings (SSSR count). The highest BCUT2D eigenvalue weighted by Crippen LogP contribution is 2.58. The Bertz CT molecular complexity index is 3510. The zero-order chi connectivity index (χ0) is 45.1. The van der Waals surface area contributed by atoms with Gasteiger partial charge in [-0.1, -0.05) is 243 Å². The molecule has 0 atom stereocenters. The van der Waals surface area contributed by atoms with Crippen molar-refractivity contribution in [1.29, 1.82) is 0 Å². The van der Waals surface area contributed by atoms with E-state index in [0.717, 1.165) is 111 Å². The fourth-order valence-electron chi connectivity index (χ4n) is 9.86. The fourth-order valence-corrected chi connectivity index (χ4v) is 10.7. The molecule has 0 aliphatic rings. The highest BCUT2D eigenvalue weighted by Gasteiger charge is 2.31. The van der Waals surface area contributed by atoms with Crippen molar-refractivity contribution in [3.63, 3.8) is 0 Å². The van der Waals surface area contributed by atoms with Crippen molar-refractivity contribution < 1.29 is 0 Å². The van der Waals surface area contributed by atoms with E-state index in [1.807, 2.05) is 0 Å². The van der Waals surface area contributed by atoms with Gasteiger partial charge in [0.2, 0.25) is 0 Å². The van der Waals surface area contributed by atoms with E-state index in [4.69, 9.17) is 11.5 Å². The molecule has 0 unspecified atom stereocenters. The number of hydrogen-bond donors (Lipinski definition) is 2. The van der Waals surface area contributed by atoms with Gasteiger partial charge in [-0.3, -0.25) is 0 Å². The molecule has 0 spiro atoms. The van der Waals surface area contributed by atoms with Crippen LogP contribution in [0.1, 0.15) is 0 Å². The van der Waals surface area contributed by atoms with E-state index in [2.05, 4.69) is 254 Å². The highest BCUT2D eigenvalue weighted by molar-refractivity contribution is 7.13. The molecule has 0 amide bonds. The molecule has 1 aromatic heterocycles. The summed E-state index contributed by atoms with van der Waals surface area (Å²) in [7, 11) is 0. The second kappa shape index (κ2) is 18.2. The average molecular weight is 875 g/mol. The summed E-state index contributed by atoms with van der Waals surface area (Å²) < 4.78 is 0. The van der Waals surface area contributed by atoms with E-state index in [9.17, 15) is 0 Å². The largest absolute Gasteiger partial charge is 0.397 e. The van der Waals surface area contributed by atoms with Crippen molar-refractivity contribution >= 4 is 22.7 Å². The van der Waals surface area contributed by atoms with E-state index in [0.29, 0.717) is 11.4 Å². The van der Waals surface area contributed by atoms with Crippen LogP contribution < -0.4 is 11.5 Å². The Morgan fingerprint density at radius 2 is 0.507 bits per heavy atom. The summed E-state index contributed by atoms with van der Waals surface area (Å²) in [6.45, 7) is 0. The fraction of sp³-hybridized carbons (Fsp3) is 0. The molecule has 10 aromatic carbocycles. The lowest BCUT2D eigenvalue weighted by atomic mass is 9.75. The van der Waals surface area contributed by atoms with Gasteiger partial charge in [-0.2, -0.15) is 0 Å². The second-order valence-corrected chi connectivity index (χ2v) is 17.6. The van der Waals surface area contributed by atoms with Gasteiger partial charge in [-0.25, -0.2) is 0 Å². The quantitative estimate of drug-likeness (QED) is 0.135. The van der Waals surface area contributed by atoms with Gasteiger partial charge in [-0.15, -0.1) is 11.3 Å². The summed E-state index contributed by atoms with van der Waals surface area (Å²) in [5, 5.41) is 2.15. The van der Waals surface area contributed by atoms with Crippen molar-refractivity contribution in [2.24, 2.45) is 0 Å².